The number of rotatable bonds is 9. The van der Waals surface area contributed by atoms with Gasteiger partial charge in [-0.1, -0.05) is 30.3 Å². The van der Waals surface area contributed by atoms with Gasteiger partial charge >= 0.3 is 5.97 Å². The molecule has 6 heteroatoms. The molecule has 0 fully saturated rings. The molecule has 25 heavy (non-hydrogen) atoms. The summed E-state index contributed by atoms with van der Waals surface area (Å²) in [5.74, 6) is -0.343. The molecule has 0 spiro atoms. The molecule has 6 nitrogen and oxygen atoms in total. The smallest absolute Gasteiger partial charge is 0.335 e. The molecule has 0 aliphatic carbocycles. The lowest BCUT2D eigenvalue weighted by Crippen LogP contribution is -2.31. The Bertz CT molecular complexity index is 686. The number of carboxylic acids is 1. The van der Waals surface area contributed by atoms with Crippen LogP contribution in [0, 0.1) is 0 Å². The Morgan fingerprint density at radius 2 is 1.88 bits per heavy atom. The van der Waals surface area contributed by atoms with Gasteiger partial charge in [0.1, 0.15) is 24.2 Å². The highest BCUT2D eigenvalue weighted by atomic mass is 16.5. The van der Waals surface area contributed by atoms with Gasteiger partial charge in [0, 0.05) is 18.2 Å². The molecule has 0 aliphatic heterocycles. The molecule has 2 N–H and O–H groups in total. The van der Waals surface area contributed by atoms with Crippen molar-refractivity contribution in [2.45, 2.75) is 25.7 Å². The summed E-state index contributed by atoms with van der Waals surface area (Å²) in [7, 11) is 1.45. The minimum absolute atomic E-state index is 0.175. The van der Waals surface area contributed by atoms with Crippen LogP contribution in [0.1, 0.15) is 24.2 Å². The summed E-state index contributed by atoms with van der Waals surface area (Å²) in [5.41, 5.74) is 1.35. The highest BCUT2D eigenvalue weighted by Gasteiger charge is 2.30. The molecule has 0 bridgehead atoms. The number of aliphatic hydroxyl groups excluding tert-OH is 1. The molecule has 134 valence electrons. The van der Waals surface area contributed by atoms with Gasteiger partial charge in [0.15, 0.2) is 6.10 Å². The fourth-order valence-electron chi connectivity index (χ4n) is 2.41. The van der Waals surface area contributed by atoms with Crippen molar-refractivity contribution in [1.29, 1.82) is 0 Å². The van der Waals surface area contributed by atoms with Gasteiger partial charge in [0.05, 0.1) is 7.11 Å². The van der Waals surface area contributed by atoms with E-state index >= 15 is 0 Å². The number of methoxy groups -OCH3 is 1. The van der Waals surface area contributed by atoms with E-state index in [0.717, 1.165) is 5.56 Å². The second-order valence-electron chi connectivity index (χ2n) is 5.34. The predicted octanol–water partition coefficient (Wildman–Crippen LogP) is 2.80. The fraction of sp³-hybridized carbons (Fsp3) is 0.316. The van der Waals surface area contributed by atoms with Crippen molar-refractivity contribution in [3.05, 3.63) is 59.7 Å². The molecule has 0 saturated carbocycles. The van der Waals surface area contributed by atoms with Crippen LogP contribution >= 0.6 is 0 Å². The third kappa shape index (κ3) is 4.95. The van der Waals surface area contributed by atoms with E-state index in [1.165, 1.54) is 7.11 Å². The number of ether oxygens (including phenoxy) is 3. The molecular formula is C19H22O6. The lowest BCUT2D eigenvalue weighted by Gasteiger charge is -2.21. The first-order chi connectivity index (χ1) is 12.1. The first-order valence-electron chi connectivity index (χ1n) is 7.94. The summed E-state index contributed by atoms with van der Waals surface area (Å²) in [6.45, 7) is 2.23. The summed E-state index contributed by atoms with van der Waals surface area (Å²) >= 11 is 0. The van der Waals surface area contributed by atoms with Crippen LogP contribution in [0.25, 0.3) is 0 Å². The summed E-state index contributed by atoms with van der Waals surface area (Å²) in [6, 6.07) is 14.6. The van der Waals surface area contributed by atoms with Gasteiger partial charge in [-0.3, -0.25) is 0 Å². The lowest BCUT2D eigenvalue weighted by molar-refractivity contribution is -0.158. The zero-order valence-electron chi connectivity index (χ0n) is 14.2. The van der Waals surface area contributed by atoms with Crippen LogP contribution in [0.3, 0.4) is 0 Å². The van der Waals surface area contributed by atoms with E-state index in [4.69, 9.17) is 14.2 Å². The normalized spacial score (nSPS) is 13.1. The summed E-state index contributed by atoms with van der Waals surface area (Å²) < 4.78 is 16.1. The number of carboxylic acid groups (broad SMARTS) is 1. The molecule has 0 radical (unpaired) electrons. The maximum atomic E-state index is 11.3. The van der Waals surface area contributed by atoms with E-state index in [1.54, 1.807) is 25.1 Å². The van der Waals surface area contributed by atoms with Gasteiger partial charge in [-0.25, -0.2) is 4.79 Å². The number of aliphatic hydroxyl groups is 1. The Morgan fingerprint density at radius 1 is 1.16 bits per heavy atom. The van der Waals surface area contributed by atoms with Gasteiger partial charge in [-0.15, -0.1) is 0 Å². The molecule has 2 atom stereocenters. The average molecular weight is 346 g/mol. The van der Waals surface area contributed by atoms with Gasteiger partial charge < -0.3 is 24.4 Å². The minimum atomic E-state index is -1.37. The standard InChI is InChI=1S/C19H22O6/c1-3-24-18(19(21)22)17(20)15-10-9-14(11-16(15)23-2)25-12-13-7-5-4-6-8-13/h4-11,17-18,20H,3,12H2,1-2H3,(H,21,22)/t17-,18+/m1/s1. The number of benzene rings is 2. The van der Waals surface area contributed by atoms with Crippen LogP contribution in [-0.4, -0.2) is 36.0 Å². The molecule has 2 aromatic rings. The topological polar surface area (TPSA) is 85.2 Å². The van der Waals surface area contributed by atoms with Crippen LogP contribution < -0.4 is 9.47 Å². The Morgan fingerprint density at radius 3 is 2.48 bits per heavy atom. The molecule has 0 aromatic heterocycles. The molecule has 0 saturated heterocycles. The van der Waals surface area contributed by atoms with Crippen LogP contribution in [0.2, 0.25) is 0 Å². The zero-order valence-corrected chi connectivity index (χ0v) is 14.2. The maximum absolute atomic E-state index is 11.3. The zero-order chi connectivity index (χ0) is 18.2. The van der Waals surface area contributed by atoms with Crippen molar-refractivity contribution in [3.63, 3.8) is 0 Å². The number of hydrogen-bond acceptors (Lipinski definition) is 5. The van der Waals surface area contributed by atoms with Crippen molar-refractivity contribution in [2.75, 3.05) is 13.7 Å². The summed E-state index contributed by atoms with van der Waals surface area (Å²) in [5, 5.41) is 19.6. The number of aliphatic carboxylic acids is 1. The third-order valence-corrected chi connectivity index (χ3v) is 3.65. The van der Waals surface area contributed by atoms with E-state index in [2.05, 4.69) is 0 Å². The SMILES string of the molecule is CCO[C@H](C(=O)O)[C@H](O)c1ccc(OCc2ccccc2)cc1OC. The van der Waals surface area contributed by atoms with Gasteiger partial charge in [-0.2, -0.15) is 0 Å². The van der Waals surface area contributed by atoms with Crippen LogP contribution in [0.15, 0.2) is 48.5 Å². The second kappa shape index (κ2) is 9.05. The molecular weight excluding hydrogens is 324 g/mol. The van der Waals surface area contributed by atoms with Crippen molar-refractivity contribution in [3.8, 4) is 11.5 Å². The van der Waals surface area contributed by atoms with Crippen LogP contribution in [-0.2, 0) is 16.1 Å². The highest BCUT2D eigenvalue weighted by molar-refractivity contribution is 5.73. The van der Waals surface area contributed by atoms with E-state index in [1.807, 2.05) is 30.3 Å². The van der Waals surface area contributed by atoms with Gasteiger partial charge in [0.2, 0.25) is 0 Å². The van der Waals surface area contributed by atoms with Crippen molar-refractivity contribution in [2.24, 2.45) is 0 Å². The van der Waals surface area contributed by atoms with Gasteiger partial charge in [0.25, 0.3) is 0 Å². The van der Waals surface area contributed by atoms with Crippen molar-refractivity contribution in [1.82, 2.24) is 0 Å². The molecule has 0 aliphatic rings. The minimum Gasteiger partial charge on any atom is -0.496 e. The molecule has 2 rings (SSSR count). The van der Waals surface area contributed by atoms with Crippen LogP contribution in [0.5, 0.6) is 11.5 Å². The van der Waals surface area contributed by atoms with E-state index in [0.29, 0.717) is 23.7 Å². The highest BCUT2D eigenvalue weighted by Crippen LogP contribution is 2.32. The Balaban J connectivity index is 2.16. The first-order valence-corrected chi connectivity index (χ1v) is 7.94. The predicted molar refractivity (Wildman–Crippen MR) is 91.8 cm³/mol. The Labute approximate surface area is 146 Å². The quantitative estimate of drug-likeness (QED) is 0.726. The number of hydrogen-bond donors (Lipinski definition) is 2. The summed E-state index contributed by atoms with van der Waals surface area (Å²) in [6.07, 6.45) is -2.72. The Kier molecular flexibility index (Phi) is 6.80. The molecule has 0 amide bonds. The lowest BCUT2D eigenvalue weighted by atomic mass is 10.0. The van der Waals surface area contributed by atoms with E-state index in [9.17, 15) is 15.0 Å². The van der Waals surface area contributed by atoms with Crippen molar-refractivity contribution >= 4 is 5.97 Å². The number of carbonyl (C=O) groups is 1. The van der Waals surface area contributed by atoms with Gasteiger partial charge in [-0.05, 0) is 24.6 Å². The second-order valence-corrected chi connectivity index (χ2v) is 5.34. The summed E-state index contributed by atoms with van der Waals surface area (Å²) in [4.78, 5) is 11.3. The maximum Gasteiger partial charge on any atom is 0.335 e. The van der Waals surface area contributed by atoms with Crippen molar-refractivity contribution < 1.29 is 29.2 Å². The molecule has 2 aromatic carbocycles. The molecule has 0 heterocycles. The molecule has 0 unspecified atom stereocenters. The monoisotopic (exact) mass is 346 g/mol. The Hall–Kier alpha value is -2.57. The fourth-order valence-corrected chi connectivity index (χ4v) is 2.41. The average Bonchev–Trinajstić information content (AvgIpc) is 2.64. The van der Waals surface area contributed by atoms with E-state index in [-0.39, 0.29) is 6.61 Å². The van der Waals surface area contributed by atoms with E-state index < -0.39 is 18.2 Å². The largest absolute Gasteiger partial charge is 0.496 e. The third-order valence-electron chi connectivity index (χ3n) is 3.65. The first kappa shape index (κ1) is 18.8. The van der Waals surface area contributed by atoms with Crippen LogP contribution in [0.4, 0.5) is 0 Å².